The van der Waals surface area contributed by atoms with Crippen LogP contribution in [0, 0.1) is 11.3 Å². The summed E-state index contributed by atoms with van der Waals surface area (Å²) in [5.41, 5.74) is 1.03. The van der Waals surface area contributed by atoms with Crippen LogP contribution in [0.5, 0.6) is 11.5 Å². The third-order valence-electron chi connectivity index (χ3n) is 5.86. The summed E-state index contributed by atoms with van der Waals surface area (Å²) in [6.45, 7) is 0.238. The van der Waals surface area contributed by atoms with Gasteiger partial charge >= 0.3 is 12.1 Å². The first-order valence-electron chi connectivity index (χ1n) is 11.3. The van der Waals surface area contributed by atoms with Gasteiger partial charge in [0.15, 0.2) is 0 Å². The topological polar surface area (TPSA) is 109 Å². The molecule has 1 aliphatic heterocycles. The molecule has 0 spiro atoms. The van der Waals surface area contributed by atoms with Crippen LogP contribution in [-0.2, 0) is 17.4 Å². The van der Waals surface area contributed by atoms with Crippen molar-refractivity contribution < 1.29 is 37.3 Å². The molecule has 1 aliphatic rings. The standard InChI is InChI=1S/C27H21F3N2O5/c28-27(29,30)19-6-1-16(2-7-19)11-12-32-25(33)18-4-8-20(9-5-18)36-24-14-22(26(34)35)21-13-17(15-31)3-10-23(21)37-24/h1-10,13,22,24H,11-12,14H2,(H,32,33)(H,34,35). The Hall–Kier alpha value is -4.52. The van der Waals surface area contributed by atoms with Gasteiger partial charge in [0.25, 0.3) is 5.91 Å². The van der Waals surface area contributed by atoms with Crippen LogP contribution in [0.4, 0.5) is 13.2 Å². The van der Waals surface area contributed by atoms with Gasteiger partial charge in [-0.05, 0) is 66.6 Å². The van der Waals surface area contributed by atoms with Crippen LogP contribution in [0.25, 0.3) is 0 Å². The molecule has 7 nitrogen and oxygen atoms in total. The Bertz CT molecular complexity index is 1330. The first kappa shape index (κ1) is 25.6. The van der Waals surface area contributed by atoms with Gasteiger partial charge in [0.1, 0.15) is 11.5 Å². The second-order valence-electron chi connectivity index (χ2n) is 8.38. The fraction of sp³-hybridized carbons (Fsp3) is 0.222. The predicted octanol–water partition coefficient (Wildman–Crippen LogP) is 4.91. The van der Waals surface area contributed by atoms with E-state index < -0.39 is 29.9 Å². The van der Waals surface area contributed by atoms with Crippen molar-refractivity contribution in [2.75, 3.05) is 6.54 Å². The highest BCUT2D eigenvalue weighted by Gasteiger charge is 2.34. The number of hydrogen-bond acceptors (Lipinski definition) is 5. The molecule has 1 heterocycles. The van der Waals surface area contributed by atoms with E-state index in [0.717, 1.165) is 12.1 Å². The second-order valence-corrected chi connectivity index (χ2v) is 8.38. The number of benzene rings is 3. The highest BCUT2D eigenvalue weighted by atomic mass is 19.4. The molecule has 3 aromatic carbocycles. The van der Waals surface area contributed by atoms with Crippen LogP contribution in [0.1, 0.15) is 45.0 Å². The summed E-state index contributed by atoms with van der Waals surface area (Å²) in [5.74, 6) is -1.63. The van der Waals surface area contributed by atoms with Crippen molar-refractivity contribution in [2.45, 2.75) is 31.2 Å². The summed E-state index contributed by atoms with van der Waals surface area (Å²) in [5, 5.41) is 21.4. The zero-order valence-electron chi connectivity index (χ0n) is 19.3. The molecule has 2 unspecified atom stereocenters. The van der Waals surface area contributed by atoms with Crippen molar-refractivity contribution in [1.29, 1.82) is 5.26 Å². The third kappa shape index (κ3) is 6.19. The minimum atomic E-state index is -4.39. The number of nitrogens with zero attached hydrogens (tertiary/aromatic N) is 1. The van der Waals surface area contributed by atoms with Gasteiger partial charge in [-0.2, -0.15) is 18.4 Å². The van der Waals surface area contributed by atoms with Crippen molar-refractivity contribution in [3.63, 3.8) is 0 Å². The van der Waals surface area contributed by atoms with Crippen LogP contribution in [0.15, 0.2) is 66.7 Å². The van der Waals surface area contributed by atoms with Gasteiger partial charge in [-0.25, -0.2) is 0 Å². The summed E-state index contributed by atoms with van der Waals surface area (Å²) in [6, 6.07) is 17.5. The molecule has 190 valence electrons. The van der Waals surface area contributed by atoms with Crippen molar-refractivity contribution in [3.05, 3.63) is 94.5 Å². The number of carbonyl (C=O) groups excluding carboxylic acids is 1. The molecule has 0 fully saturated rings. The van der Waals surface area contributed by atoms with E-state index in [-0.39, 0.29) is 18.9 Å². The van der Waals surface area contributed by atoms with Crippen molar-refractivity contribution in [2.24, 2.45) is 0 Å². The van der Waals surface area contributed by atoms with Gasteiger partial charge in [0.2, 0.25) is 6.29 Å². The number of hydrogen-bond donors (Lipinski definition) is 2. The number of fused-ring (bicyclic) bond motifs is 1. The fourth-order valence-electron chi connectivity index (χ4n) is 3.93. The molecule has 1 amide bonds. The fourth-order valence-corrected chi connectivity index (χ4v) is 3.93. The van der Waals surface area contributed by atoms with E-state index in [2.05, 4.69) is 5.32 Å². The van der Waals surface area contributed by atoms with Gasteiger partial charge in [-0.1, -0.05) is 12.1 Å². The zero-order chi connectivity index (χ0) is 26.6. The number of carbonyl (C=O) groups is 2. The summed E-state index contributed by atoms with van der Waals surface area (Å²) < 4.78 is 49.5. The predicted molar refractivity (Wildman–Crippen MR) is 125 cm³/mol. The molecule has 0 bridgehead atoms. The SMILES string of the molecule is N#Cc1ccc2c(c1)C(C(=O)O)CC(Oc1ccc(C(=O)NCCc3ccc(C(F)(F)F)cc3)cc1)O2. The van der Waals surface area contributed by atoms with Gasteiger partial charge in [-0.3, -0.25) is 9.59 Å². The van der Waals surface area contributed by atoms with E-state index in [1.807, 2.05) is 6.07 Å². The molecule has 2 N–H and O–H groups in total. The maximum atomic E-state index is 12.7. The highest BCUT2D eigenvalue weighted by Crippen LogP contribution is 2.38. The van der Waals surface area contributed by atoms with E-state index >= 15 is 0 Å². The van der Waals surface area contributed by atoms with Crippen molar-refractivity contribution >= 4 is 11.9 Å². The molecule has 0 aliphatic carbocycles. The molecule has 0 saturated carbocycles. The van der Waals surface area contributed by atoms with Gasteiger partial charge in [0.05, 0.1) is 23.1 Å². The molecule has 37 heavy (non-hydrogen) atoms. The number of halogens is 3. The third-order valence-corrected chi connectivity index (χ3v) is 5.86. The average molecular weight is 510 g/mol. The van der Waals surface area contributed by atoms with Gasteiger partial charge in [-0.15, -0.1) is 0 Å². The monoisotopic (exact) mass is 510 g/mol. The van der Waals surface area contributed by atoms with Crippen LogP contribution < -0.4 is 14.8 Å². The number of rotatable bonds is 7. The molecule has 0 saturated heterocycles. The minimum Gasteiger partial charge on any atom is -0.481 e. The maximum Gasteiger partial charge on any atom is 0.416 e. The first-order valence-corrected chi connectivity index (χ1v) is 11.3. The minimum absolute atomic E-state index is 0.0312. The van der Waals surface area contributed by atoms with Gasteiger partial charge in [0, 0.05) is 24.1 Å². The van der Waals surface area contributed by atoms with E-state index in [9.17, 15) is 27.9 Å². The molecule has 0 aromatic heterocycles. The van der Waals surface area contributed by atoms with E-state index in [0.29, 0.717) is 40.2 Å². The molecule has 0 radical (unpaired) electrons. The highest BCUT2D eigenvalue weighted by molar-refractivity contribution is 5.94. The summed E-state index contributed by atoms with van der Waals surface area (Å²) >= 11 is 0. The first-order chi connectivity index (χ1) is 17.6. The Morgan fingerprint density at radius 3 is 2.41 bits per heavy atom. The lowest BCUT2D eigenvalue weighted by molar-refractivity contribution is -0.142. The van der Waals surface area contributed by atoms with E-state index in [1.54, 1.807) is 12.1 Å². The Morgan fingerprint density at radius 2 is 1.78 bits per heavy atom. The van der Waals surface area contributed by atoms with Crippen LogP contribution in [-0.4, -0.2) is 29.8 Å². The molecular weight excluding hydrogens is 489 g/mol. The van der Waals surface area contributed by atoms with E-state index in [4.69, 9.17) is 14.7 Å². The number of nitriles is 1. The summed E-state index contributed by atoms with van der Waals surface area (Å²) in [6.07, 6.45) is -4.88. The molecule has 2 atom stereocenters. The molecule has 3 aromatic rings. The summed E-state index contributed by atoms with van der Waals surface area (Å²) in [7, 11) is 0. The van der Waals surface area contributed by atoms with Crippen LogP contribution >= 0.6 is 0 Å². The number of nitrogens with one attached hydrogen (secondary N) is 1. The number of alkyl halides is 3. The normalized spacial score (nSPS) is 16.6. The lowest BCUT2D eigenvalue weighted by Gasteiger charge is -2.30. The number of aliphatic carboxylic acids is 1. The molecule has 4 rings (SSSR count). The number of carboxylic acids is 1. The molecular formula is C27H21F3N2O5. The Kier molecular flexibility index (Phi) is 7.34. The van der Waals surface area contributed by atoms with Crippen molar-refractivity contribution in [1.82, 2.24) is 5.32 Å². The largest absolute Gasteiger partial charge is 0.481 e. The Labute approximate surface area is 210 Å². The number of carboxylic acid groups (broad SMARTS) is 1. The smallest absolute Gasteiger partial charge is 0.416 e. The zero-order valence-corrected chi connectivity index (χ0v) is 19.3. The molecule has 10 heteroatoms. The van der Waals surface area contributed by atoms with Crippen LogP contribution in [0.3, 0.4) is 0 Å². The Morgan fingerprint density at radius 1 is 1.08 bits per heavy atom. The van der Waals surface area contributed by atoms with Crippen molar-refractivity contribution in [3.8, 4) is 17.6 Å². The average Bonchev–Trinajstić information content (AvgIpc) is 2.88. The Balaban J connectivity index is 1.32. The lowest BCUT2D eigenvalue weighted by atomic mass is 9.91. The van der Waals surface area contributed by atoms with E-state index in [1.165, 1.54) is 42.5 Å². The van der Waals surface area contributed by atoms with Gasteiger partial charge < -0.3 is 19.9 Å². The van der Waals surface area contributed by atoms with Crippen LogP contribution in [0.2, 0.25) is 0 Å². The maximum absolute atomic E-state index is 12.7. The summed E-state index contributed by atoms with van der Waals surface area (Å²) in [4.78, 5) is 24.2. The number of amides is 1. The number of ether oxygens (including phenoxy) is 2. The second kappa shape index (κ2) is 10.6. The lowest BCUT2D eigenvalue weighted by Crippen LogP contribution is -2.33. The quantitative estimate of drug-likeness (QED) is 0.468.